The summed E-state index contributed by atoms with van der Waals surface area (Å²) in [5, 5.41) is 9.72. The van der Waals surface area contributed by atoms with Gasteiger partial charge in [-0.3, -0.25) is 9.59 Å². The minimum absolute atomic E-state index is 0.242. The number of halogens is 2. The summed E-state index contributed by atoms with van der Waals surface area (Å²) < 4.78 is 13.8. The van der Waals surface area contributed by atoms with Gasteiger partial charge in [0.1, 0.15) is 17.2 Å². The quantitative estimate of drug-likeness (QED) is 0.911. The van der Waals surface area contributed by atoms with Crippen molar-refractivity contribution in [3.05, 3.63) is 33.9 Å². The van der Waals surface area contributed by atoms with Crippen LogP contribution in [0.15, 0.2) is 18.2 Å². The third kappa shape index (κ3) is 3.33. The van der Waals surface area contributed by atoms with Crippen LogP contribution in [0.3, 0.4) is 0 Å². The van der Waals surface area contributed by atoms with Gasteiger partial charge in [0.05, 0.1) is 5.02 Å². The van der Waals surface area contributed by atoms with Crippen LogP contribution in [-0.2, 0) is 4.79 Å². The molecule has 0 fully saturated rings. The predicted octanol–water partition coefficient (Wildman–Crippen LogP) is 3.63. The lowest BCUT2D eigenvalue weighted by atomic mass is 10.2. The summed E-state index contributed by atoms with van der Waals surface area (Å²) in [6, 6.07) is 4.10. The fourth-order valence-corrected chi connectivity index (χ4v) is 3.51. The fraction of sp³-hybridized carbons (Fsp3) is 0.286. The van der Waals surface area contributed by atoms with Gasteiger partial charge in [0.2, 0.25) is 0 Å². The third-order valence-corrected chi connectivity index (χ3v) is 4.54. The van der Waals surface area contributed by atoms with Crippen LogP contribution in [0, 0.1) is 5.82 Å². The van der Waals surface area contributed by atoms with Crippen molar-refractivity contribution in [1.29, 1.82) is 0 Å². The molecular weight excluding hydrogens is 317 g/mol. The van der Waals surface area contributed by atoms with Gasteiger partial charge in [-0.1, -0.05) is 18.5 Å². The number of hydrogen-bond acceptors (Lipinski definition) is 3. The zero-order chi connectivity index (χ0) is 15.6. The van der Waals surface area contributed by atoms with Crippen molar-refractivity contribution in [3.63, 3.8) is 0 Å². The summed E-state index contributed by atoms with van der Waals surface area (Å²) in [6.07, 6.45) is 0.635. The number of amides is 1. The van der Waals surface area contributed by atoms with Crippen LogP contribution in [-0.4, -0.2) is 35.0 Å². The molecule has 1 amide bonds. The third-order valence-electron chi connectivity index (χ3n) is 2.89. The molecule has 0 aliphatic carbocycles. The van der Waals surface area contributed by atoms with Crippen LogP contribution in [0.1, 0.15) is 23.0 Å². The van der Waals surface area contributed by atoms with Gasteiger partial charge < -0.3 is 10.0 Å². The molecule has 0 bridgehead atoms. The first kappa shape index (κ1) is 15.7. The molecule has 0 unspecified atom stereocenters. The Morgan fingerprint density at radius 1 is 1.43 bits per heavy atom. The van der Waals surface area contributed by atoms with Crippen molar-refractivity contribution >= 4 is 44.9 Å². The lowest BCUT2D eigenvalue weighted by Crippen LogP contribution is -2.35. The number of aliphatic carboxylic acids is 1. The summed E-state index contributed by atoms with van der Waals surface area (Å²) in [5.74, 6) is -1.93. The topological polar surface area (TPSA) is 57.6 Å². The molecule has 1 aromatic heterocycles. The fourth-order valence-electron chi connectivity index (χ4n) is 2.01. The molecule has 7 heteroatoms. The summed E-state index contributed by atoms with van der Waals surface area (Å²) in [5.41, 5.74) is 0. The number of thiophene rings is 1. The molecule has 0 aliphatic heterocycles. The van der Waals surface area contributed by atoms with Crippen LogP contribution in [0.25, 0.3) is 10.1 Å². The Bertz CT molecular complexity index is 701. The SMILES string of the molecule is CCCN(CC(=O)O)C(=O)c1sc2cc(F)ccc2c1Cl. The van der Waals surface area contributed by atoms with Gasteiger partial charge in [-0.05, 0) is 24.6 Å². The highest BCUT2D eigenvalue weighted by molar-refractivity contribution is 7.21. The van der Waals surface area contributed by atoms with E-state index in [0.29, 0.717) is 23.1 Å². The zero-order valence-electron chi connectivity index (χ0n) is 11.2. The number of nitrogens with zero attached hydrogens (tertiary/aromatic N) is 1. The van der Waals surface area contributed by atoms with Gasteiger partial charge in [0.15, 0.2) is 0 Å². The van der Waals surface area contributed by atoms with Crippen molar-refractivity contribution in [2.75, 3.05) is 13.1 Å². The second-order valence-electron chi connectivity index (χ2n) is 4.51. The molecule has 1 aromatic carbocycles. The number of carboxylic acids is 1. The number of carbonyl (C=O) groups is 2. The Morgan fingerprint density at radius 3 is 2.76 bits per heavy atom. The summed E-state index contributed by atoms with van der Waals surface area (Å²) in [4.78, 5) is 24.8. The van der Waals surface area contributed by atoms with Gasteiger partial charge in [0.25, 0.3) is 5.91 Å². The van der Waals surface area contributed by atoms with E-state index in [0.717, 1.165) is 11.3 Å². The molecule has 0 saturated heterocycles. The predicted molar refractivity (Wildman–Crippen MR) is 80.6 cm³/mol. The van der Waals surface area contributed by atoms with E-state index in [-0.39, 0.29) is 16.4 Å². The van der Waals surface area contributed by atoms with Crippen molar-refractivity contribution in [3.8, 4) is 0 Å². The van der Waals surface area contributed by atoms with Gasteiger partial charge in [-0.25, -0.2) is 4.39 Å². The van der Waals surface area contributed by atoms with Crippen molar-refractivity contribution < 1.29 is 19.1 Å². The molecule has 1 heterocycles. The highest BCUT2D eigenvalue weighted by atomic mass is 35.5. The Hall–Kier alpha value is -1.66. The molecule has 0 saturated carbocycles. The van der Waals surface area contributed by atoms with E-state index in [9.17, 15) is 14.0 Å². The Balaban J connectivity index is 2.41. The summed E-state index contributed by atoms with van der Waals surface area (Å²) in [6.45, 7) is 1.79. The Morgan fingerprint density at radius 2 is 2.14 bits per heavy atom. The van der Waals surface area contributed by atoms with Gasteiger partial charge in [0, 0.05) is 16.6 Å². The maximum absolute atomic E-state index is 13.2. The zero-order valence-corrected chi connectivity index (χ0v) is 12.8. The molecule has 112 valence electrons. The van der Waals surface area contributed by atoms with E-state index in [1.54, 1.807) is 0 Å². The van der Waals surface area contributed by atoms with E-state index in [1.807, 2.05) is 6.92 Å². The number of carbonyl (C=O) groups excluding carboxylic acids is 1. The summed E-state index contributed by atoms with van der Waals surface area (Å²) in [7, 11) is 0. The lowest BCUT2D eigenvalue weighted by Gasteiger charge is -2.19. The molecule has 0 atom stereocenters. The molecule has 2 aromatic rings. The second-order valence-corrected chi connectivity index (χ2v) is 5.94. The molecule has 0 spiro atoms. The van der Waals surface area contributed by atoms with E-state index in [2.05, 4.69) is 0 Å². The van der Waals surface area contributed by atoms with E-state index >= 15 is 0 Å². The van der Waals surface area contributed by atoms with Crippen LogP contribution >= 0.6 is 22.9 Å². The van der Waals surface area contributed by atoms with Crippen LogP contribution in [0.4, 0.5) is 4.39 Å². The smallest absolute Gasteiger partial charge is 0.323 e. The molecule has 4 nitrogen and oxygen atoms in total. The van der Waals surface area contributed by atoms with E-state index in [4.69, 9.17) is 16.7 Å². The van der Waals surface area contributed by atoms with Gasteiger partial charge in [-0.15, -0.1) is 11.3 Å². The van der Waals surface area contributed by atoms with Crippen molar-refractivity contribution in [2.24, 2.45) is 0 Å². The number of hydrogen-bond donors (Lipinski definition) is 1. The summed E-state index contributed by atoms with van der Waals surface area (Å²) >= 11 is 7.25. The largest absolute Gasteiger partial charge is 0.480 e. The number of rotatable bonds is 5. The van der Waals surface area contributed by atoms with E-state index in [1.165, 1.54) is 23.1 Å². The number of benzene rings is 1. The Kier molecular flexibility index (Phi) is 4.80. The normalized spacial score (nSPS) is 10.8. The lowest BCUT2D eigenvalue weighted by molar-refractivity contribution is -0.137. The van der Waals surface area contributed by atoms with Gasteiger partial charge >= 0.3 is 5.97 Å². The van der Waals surface area contributed by atoms with E-state index < -0.39 is 17.7 Å². The maximum atomic E-state index is 13.2. The monoisotopic (exact) mass is 329 g/mol. The average molecular weight is 330 g/mol. The molecule has 2 rings (SSSR count). The van der Waals surface area contributed by atoms with Crippen LogP contribution < -0.4 is 0 Å². The Labute approximate surface area is 129 Å². The maximum Gasteiger partial charge on any atom is 0.323 e. The molecule has 1 N–H and O–H groups in total. The van der Waals surface area contributed by atoms with Crippen molar-refractivity contribution in [2.45, 2.75) is 13.3 Å². The number of fused-ring (bicyclic) bond motifs is 1. The molecule has 0 aliphatic rings. The molecule has 0 radical (unpaired) electrons. The minimum Gasteiger partial charge on any atom is -0.480 e. The molecular formula is C14H13ClFNO3S. The molecule has 21 heavy (non-hydrogen) atoms. The first-order valence-electron chi connectivity index (χ1n) is 6.32. The second kappa shape index (κ2) is 6.41. The van der Waals surface area contributed by atoms with Crippen LogP contribution in [0.5, 0.6) is 0 Å². The standard InChI is InChI=1S/C14H13ClFNO3S/c1-2-5-17(7-11(18)19)14(20)13-12(15)9-4-3-8(16)6-10(9)21-13/h3-4,6H,2,5,7H2,1H3,(H,18,19). The first-order valence-corrected chi connectivity index (χ1v) is 7.52. The van der Waals surface area contributed by atoms with Gasteiger partial charge in [-0.2, -0.15) is 0 Å². The van der Waals surface area contributed by atoms with Crippen LogP contribution in [0.2, 0.25) is 5.02 Å². The average Bonchev–Trinajstić information content (AvgIpc) is 2.73. The first-order chi connectivity index (χ1) is 9.93. The highest BCUT2D eigenvalue weighted by Gasteiger charge is 2.23. The number of carboxylic acid groups (broad SMARTS) is 1. The minimum atomic E-state index is -1.08. The van der Waals surface area contributed by atoms with Crippen molar-refractivity contribution in [1.82, 2.24) is 4.90 Å². The highest BCUT2D eigenvalue weighted by Crippen LogP contribution is 2.36.